The quantitative estimate of drug-likeness (QED) is 0.690. The molecule has 0 saturated heterocycles. The summed E-state index contributed by atoms with van der Waals surface area (Å²) in [6.45, 7) is 1.96. The van der Waals surface area contributed by atoms with Crippen LogP contribution in [0.4, 0.5) is 0 Å². The van der Waals surface area contributed by atoms with Gasteiger partial charge in [-0.2, -0.15) is 0 Å². The van der Waals surface area contributed by atoms with Crippen molar-refractivity contribution >= 4 is 6.08 Å². The van der Waals surface area contributed by atoms with Gasteiger partial charge in [0.2, 0.25) is 0 Å². The zero-order chi connectivity index (χ0) is 8.10. The molecule has 0 aliphatic rings. The van der Waals surface area contributed by atoms with Gasteiger partial charge in [0.25, 0.3) is 0 Å². The second-order valence-corrected chi connectivity index (χ2v) is 2.40. The van der Waals surface area contributed by atoms with E-state index in [2.05, 4.69) is 4.98 Å². The van der Waals surface area contributed by atoms with Crippen LogP contribution in [0.1, 0.15) is 12.6 Å². The third-order valence-electron chi connectivity index (χ3n) is 1.33. The fourth-order valence-electron chi connectivity index (χ4n) is 0.759. The van der Waals surface area contributed by atoms with Crippen LogP contribution >= 0.6 is 0 Å². The third-order valence-corrected chi connectivity index (χ3v) is 1.33. The number of rotatable bonds is 2. The zero-order valence-electron chi connectivity index (χ0n) is 6.49. The summed E-state index contributed by atoms with van der Waals surface area (Å²) in [4.78, 5) is 4.08. The van der Waals surface area contributed by atoms with Gasteiger partial charge < -0.3 is 5.11 Å². The van der Waals surface area contributed by atoms with Gasteiger partial charge in [-0.25, -0.2) is 0 Å². The third kappa shape index (κ3) is 2.51. The highest BCUT2D eigenvalue weighted by atomic mass is 16.3. The van der Waals surface area contributed by atoms with Gasteiger partial charge in [-0.1, -0.05) is 6.07 Å². The first kappa shape index (κ1) is 7.95. The molecule has 0 aliphatic carbocycles. The van der Waals surface area contributed by atoms with Crippen LogP contribution in [0.3, 0.4) is 0 Å². The molecule has 0 amide bonds. The first-order valence-corrected chi connectivity index (χ1v) is 3.52. The predicted octanol–water partition coefficient (Wildman–Crippen LogP) is 1.48. The van der Waals surface area contributed by atoms with Crippen molar-refractivity contribution < 1.29 is 5.11 Å². The van der Waals surface area contributed by atoms with Gasteiger partial charge in [-0.15, -0.1) is 0 Å². The van der Waals surface area contributed by atoms with E-state index in [1.807, 2.05) is 31.2 Å². The molecule has 0 aromatic carbocycles. The fourth-order valence-corrected chi connectivity index (χ4v) is 0.759. The Kier molecular flexibility index (Phi) is 2.81. The van der Waals surface area contributed by atoms with Crippen LogP contribution in [0.15, 0.2) is 30.0 Å². The predicted molar refractivity (Wildman–Crippen MR) is 45.0 cm³/mol. The topological polar surface area (TPSA) is 33.1 Å². The number of aliphatic hydroxyl groups is 1. The van der Waals surface area contributed by atoms with Crippen LogP contribution in [0.25, 0.3) is 6.08 Å². The lowest BCUT2D eigenvalue weighted by atomic mass is 10.2. The second-order valence-electron chi connectivity index (χ2n) is 2.40. The summed E-state index contributed by atoms with van der Waals surface area (Å²) in [5.74, 6) is 0. The van der Waals surface area contributed by atoms with E-state index >= 15 is 0 Å². The standard InChI is InChI=1S/C9H11NO/c1-8(7-11)6-9-4-2-3-5-10-9/h2-6,11H,7H2,1H3/b8-6+. The van der Waals surface area contributed by atoms with Gasteiger partial charge in [0.1, 0.15) is 0 Å². The molecule has 0 saturated carbocycles. The minimum Gasteiger partial charge on any atom is -0.392 e. The van der Waals surface area contributed by atoms with Crippen molar-refractivity contribution in [3.8, 4) is 0 Å². The Bertz CT molecular complexity index is 241. The molecular weight excluding hydrogens is 138 g/mol. The summed E-state index contributed by atoms with van der Waals surface area (Å²) in [6.07, 6.45) is 3.59. The lowest BCUT2D eigenvalue weighted by molar-refractivity contribution is 0.332. The molecule has 2 heteroatoms. The van der Waals surface area contributed by atoms with E-state index < -0.39 is 0 Å². The van der Waals surface area contributed by atoms with Crippen molar-refractivity contribution in [2.75, 3.05) is 6.61 Å². The van der Waals surface area contributed by atoms with Crippen molar-refractivity contribution in [1.29, 1.82) is 0 Å². The van der Waals surface area contributed by atoms with Crippen molar-refractivity contribution in [1.82, 2.24) is 4.98 Å². The van der Waals surface area contributed by atoms with Gasteiger partial charge in [0.15, 0.2) is 0 Å². The highest BCUT2D eigenvalue weighted by Gasteiger charge is 1.87. The Labute approximate surface area is 66.2 Å². The Hall–Kier alpha value is -1.15. The Balaban J connectivity index is 2.79. The molecule has 1 N–H and O–H groups in total. The molecular formula is C9H11NO. The molecule has 1 aromatic rings. The number of hydrogen-bond donors (Lipinski definition) is 1. The molecule has 1 rings (SSSR count). The largest absolute Gasteiger partial charge is 0.392 e. The number of pyridine rings is 1. The summed E-state index contributed by atoms with van der Waals surface area (Å²) >= 11 is 0. The average molecular weight is 149 g/mol. The molecule has 0 aliphatic heterocycles. The van der Waals surface area contributed by atoms with Gasteiger partial charge >= 0.3 is 0 Å². The minimum absolute atomic E-state index is 0.0938. The van der Waals surface area contributed by atoms with Crippen LogP contribution in [0.5, 0.6) is 0 Å². The maximum absolute atomic E-state index is 8.70. The van der Waals surface area contributed by atoms with Crippen molar-refractivity contribution in [3.63, 3.8) is 0 Å². The molecule has 11 heavy (non-hydrogen) atoms. The first-order chi connectivity index (χ1) is 5.33. The summed E-state index contributed by atoms with van der Waals surface area (Å²) in [5, 5.41) is 8.70. The molecule has 58 valence electrons. The average Bonchev–Trinajstić information content (AvgIpc) is 2.06. The summed E-state index contributed by atoms with van der Waals surface area (Å²) in [6, 6.07) is 5.69. The first-order valence-electron chi connectivity index (χ1n) is 3.52. The van der Waals surface area contributed by atoms with E-state index in [0.717, 1.165) is 11.3 Å². The van der Waals surface area contributed by atoms with Crippen LogP contribution in [0, 0.1) is 0 Å². The number of hydrogen-bond acceptors (Lipinski definition) is 2. The fraction of sp³-hybridized carbons (Fsp3) is 0.222. The monoisotopic (exact) mass is 149 g/mol. The lowest BCUT2D eigenvalue weighted by Crippen LogP contribution is -1.85. The second kappa shape index (κ2) is 3.88. The molecule has 0 atom stereocenters. The van der Waals surface area contributed by atoms with Crippen LogP contribution in [-0.4, -0.2) is 16.7 Å². The van der Waals surface area contributed by atoms with Crippen molar-refractivity contribution in [3.05, 3.63) is 35.7 Å². The van der Waals surface area contributed by atoms with E-state index in [0.29, 0.717) is 0 Å². The number of aliphatic hydroxyl groups excluding tert-OH is 1. The normalized spacial score (nSPS) is 11.6. The highest BCUT2D eigenvalue weighted by molar-refractivity contribution is 5.47. The van der Waals surface area contributed by atoms with Crippen LogP contribution in [0.2, 0.25) is 0 Å². The molecule has 0 radical (unpaired) electrons. The summed E-state index contributed by atoms with van der Waals surface area (Å²) in [7, 11) is 0. The Morgan fingerprint density at radius 1 is 1.64 bits per heavy atom. The maximum Gasteiger partial charge on any atom is 0.0642 e. The minimum atomic E-state index is 0.0938. The number of nitrogens with zero attached hydrogens (tertiary/aromatic N) is 1. The molecule has 1 aromatic heterocycles. The molecule has 2 nitrogen and oxygen atoms in total. The Morgan fingerprint density at radius 2 is 2.45 bits per heavy atom. The summed E-state index contributed by atoms with van der Waals surface area (Å²) < 4.78 is 0. The lowest BCUT2D eigenvalue weighted by Gasteiger charge is -1.93. The van der Waals surface area contributed by atoms with Gasteiger partial charge in [0, 0.05) is 6.20 Å². The van der Waals surface area contributed by atoms with Crippen LogP contribution in [-0.2, 0) is 0 Å². The SMILES string of the molecule is C/C(=C\c1ccccn1)CO. The van der Waals surface area contributed by atoms with E-state index in [4.69, 9.17) is 5.11 Å². The van der Waals surface area contributed by atoms with Gasteiger partial charge in [0.05, 0.1) is 12.3 Å². The van der Waals surface area contributed by atoms with Gasteiger partial charge in [-0.05, 0) is 30.7 Å². The van der Waals surface area contributed by atoms with E-state index in [1.54, 1.807) is 6.20 Å². The van der Waals surface area contributed by atoms with Crippen molar-refractivity contribution in [2.45, 2.75) is 6.92 Å². The van der Waals surface area contributed by atoms with E-state index in [1.165, 1.54) is 0 Å². The molecule has 0 spiro atoms. The van der Waals surface area contributed by atoms with E-state index in [-0.39, 0.29) is 6.61 Å². The van der Waals surface area contributed by atoms with Crippen LogP contribution < -0.4 is 0 Å². The molecule has 0 bridgehead atoms. The Morgan fingerprint density at radius 3 is 3.00 bits per heavy atom. The smallest absolute Gasteiger partial charge is 0.0642 e. The highest BCUT2D eigenvalue weighted by Crippen LogP contribution is 2.01. The summed E-state index contributed by atoms with van der Waals surface area (Å²) in [5.41, 5.74) is 1.81. The molecule has 1 heterocycles. The molecule has 0 unspecified atom stereocenters. The number of aromatic nitrogens is 1. The maximum atomic E-state index is 8.70. The van der Waals surface area contributed by atoms with E-state index in [9.17, 15) is 0 Å². The molecule has 0 fully saturated rings. The zero-order valence-corrected chi connectivity index (χ0v) is 6.49. The van der Waals surface area contributed by atoms with Crippen molar-refractivity contribution in [2.24, 2.45) is 0 Å². The van der Waals surface area contributed by atoms with Gasteiger partial charge in [-0.3, -0.25) is 4.98 Å².